The van der Waals surface area contributed by atoms with Crippen molar-refractivity contribution in [2.45, 2.75) is 113 Å². The highest BCUT2D eigenvalue weighted by molar-refractivity contribution is 7.86. The van der Waals surface area contributed by atoms with Crippen molar-refractivity contribution in [3.63, 3.8) is 0 Å². The number of benzene rings is 1. The predicted octanol–water partition coefficient (Wildman–Crippen LogP) is 7.44. The van der Waals surface area contributed by atoms with Gasteiger partial charge in [-0.3, -0.25) is 4.55 Å². The van der Waals surface area contributed by atoms with Crippen LogP contribution in [0.4, 0.5) is 0 Å². The second kappa shape index (κ2) is 9.05. The highest BCUT2D eigenvalue weighted by Crippen LogP contribution is 2.58. The van der Waals surface area contributed by atoms with Gasteiger partial charge in [0.05, 0.1) is 0 Å². The first-order valence-corrected chi connectivity index (χ1v) is 12.9. The minimum absolute atomic E-state index is 0.00569. The van der Waals surface area contributed by atoms with E-state index in [1.807, 2.05) is 20.8 Å². The van der Waals surface area contributed by atoms with Gasteiger partial charge >= 0.3 is 0 Å². The quantitative estimate of drug-likeness (QED) is 0.400. The fourth-order valence-corrected chi connectivity index (χ4v) is 7.61. The summed E-state index contributed by atoms with van der Waals surface area (Å²) in [6.45, 7) is 25.1. The average molecular weight is 455 g/mol. The summed E-state index contributed by atoms with van der Waals surface area (Å²) in [6.07, 6.45) is 2.17. The van der Waals surface area contributed by atoms with E-state index in [0.717, 1.165) is 18.4 Å². The Labute approximate surface area is 191 Å². The number of phenolic OH excluding ortho intramolecular Hbond substituents is 1. The van der Waals surface area contributed by atoms with Crippen molar-refractivity contribution >= 4 is 10.1 Å². The van der Waals surface area contributed by atoms with Crippen LogP contribution in [0.15, 0.2) is 4.90 Å². The second-order valence-electron chi connectivity index (χ2n) is 12.4. The van der Waals surface area contributed by atoms with Crippen LogP contribution in [-0.4, -0.2) is 18.1 Å². The van der Waals surface area contributed by atoms with Gasteiger partial charge in [-0.25, -0.2) is 0 Å². The van der Waals surface area contributed by atoms with Gasteiger partial charge in [-0.15, -0.1) is 0 Å². The number of hydrogen-bond acceptors (Lipinski definition) is 3. The van der Waals surface area contributed by atoms with Gasteiger partial charge in [0.15, 0.2) is 0 Å². The summed E-state index contributed by atoms with van der Waals surface area (Å²) in [5.74, 6) is 0.130. The molecule has 1 aromatic rings. The van der Waals surface area contributed by atoms with Crippen LogP contribution in [0.2, 0.25) is 0 Å². The van der Waals surface area contributed by atoms with Crippen molar-refractivity contribution in [1.29, 1.82) is 0 Å². The lowest BCUT2D eigenvalue weighted by molar-refractivity contribution is 0.0753. The standard InChI is InChI=1S/C26H46O4S/c1-13-19-17(4)18(5)21(27)20(22(19)31(28,29)30)23(25(9,10)14-16(2)3)26(11,12)15-24(6,7)8/h16,23,27H,13-15H2,1-12H3,(H,28,29,30). The van der Waals surface area contributed by atoms with E-state index in [1.165, 1.54) is 0 Å². The third kappa shape index (κ3) is 6.25. The maximum Gasteiger partial charge on any atom is 0.295 e. The molecule has 0 saturated heterocycles. The predicted molar refractivity (Wildman–Crippen MR) is 131 cm³/mol. The van der Waals surface area contributed by atoms with E-state index in [-0.39, 0.29) is 32.8 Å². The van der Waals surface area contributed by atoms with Crippen molar-refractivity contribution in [3.8, 4) is 5.75 Å². The SMILES string of the molecule is CCc1c(C)c(C)c(O)c(C(C(C)(C)CC(C)C)C(C)(C)CC(C)(C)C)c1S(=O)(=O)O. The molecule has 31 heavy (non-hydrogen) atoms. The van der Waals surface area contributed by atoms with Crippen LogP contribution in [-0.2, 0) is 16.5 Å². The number of rotatable bonds is 8. The molecule has 0 aliphatic carbocycles. The molecule has 0 aliphatic rings. The van der Waals surface area contributed by atoms with Crippen molar-refractivity contribution in [2.24, 2.45) is 22.2 Å². The van der Waals surface area contributed by atoms with Crippen LogP contribution in [0.5, 0.6) is 5.75 Å². The van der Waals surface area contributed by atoms with Crippen LogP contribution in [0.3, 0.4) is 0 Å². The minimum atomic E-state index is -4.54. The fourth-order valence-electron chi connectivity index (χ4n) is 6.51. The molecular weight excluding hydrogens is 408 g/mol. The van der Waals surface area contributed by atoms with Crippen LogP contribution in [0.1, 0.15) is 110 Å². The summed E-state index contributed by atoms with van der Waals surface area (Å²) < 4.78 is 35.9. The summed E-state index contributed by atoms with van der Waals surface area (Å²) in [5.41, 5.74) is 1.78. The summed E-state index contributed by atoms with van der Waals surface area (Å²) in [5, 5.41) is 11.4. The topological polar surface area (TPSA) is 74.6 Å². The van der Waals surface area contributed by atoms with Gasteiger partial charge in [0, 0.05) is 5.56 Å². The molecular formula is C26H46O4S. The largest absolute Gasteiger partial charge is 0.507 e. The van der Waals surface area contributed by atoms with Crippen LogP contribution in [0.25, 0.3) is 0 Å². The molecule has 0 radical (unpaired) electrons. The van der Waals surface area contributed by atoms with Gasteiger partial charge in [0.25, 0.3) is 10.1 Å². The van der Waals surface area contributed by atoms with Gasteiger partial charge in [0.2, 0.25) is 0 Å². The smallest absolute Gasteiger partial charge is 0.295 e. The molecule has 4 nitrogen and oxygen atoms in total. The Morgan fingerprint density at radius 1 is 0.903 bits per heavy atom. The Kier molecular flexibility index (Phi) is 8.17. The highest BCUT2D eigenvalue weighted by atomic mass is 32.2. The van der Waals surface area contributed by atoms with Crippen molar-refractivity contribution in [1.82, 2.24) is 0 Å². The van der Waals surface area contributed by atoms with E-state index in [4.69, 9.17) is 0 Å². The lowest BCUT2D eigenvalue weighted by Gasteiger charge is -2.49. The Morgan fingerprint density at radius 2 is 1.39 bits per heavy atom. The molecule has 0 heterocycles. The molecule has 1 rings (SSSR count). The van der Waals surface area contributed by atoms with Crippen molar-refractivity contribution in [3.05, 3.63) is 22.3 Å². The molecule has 0 saturated carbocycles. The Balaban J connectivity index is 4.21. The highest BCUT2D eigenvalue weighted by Gasteiger charge is 2.47. The first-order chi connectivity index (χ1) is 13.7. The molecule has 0 aliphatic heterocycles. The van der Waals surface area contributed by atoms with E-state index in [0.29, 0.717) is 29.0 Å². The summed E-state index contributed by atoms with van der Waals surface area (Å²) in [6, 6.07) is 0. The van der Waals surface area contributed by atoms with Crippen LogP contribution >= 0.6 is 0 Å². The molecule has 1 unspecified atom stereocenters. The normalized spacial score (nSPS) is 14.9. The fraction of sp³-hybridized carbons (Fsp3) is 0.769. The van der Waals surface area contributed by atoms with Crippen LogP contribution in [0, 0.1) is 36.0 Å². The first kappa shape index (κ1) is 28.0. The summed E-state index contributed by atoms with van der Waals surface area (Å²) >= 11 is 0. The van der Waals surface area contributed by atoms with Gasteiger partial charge in [-0.05, 0) is 77.9 Å². The average Bonchev–Trinajstić information content (AvgIpc) is 2.49. The third-order valence-corrected chi connectivity index (χ3v) is 7.51. The minimum Gasteiger partial charge on any atom is -0.507 e. The molecule has 0 spiro atoms. The molecule has 0 aromatic heterocycles. The number of aromatic hydroxyl groups is 1. The van der Waals surface area contributed by atoms with E-state index in [2.05, 4.69) is 62.3 Å². The number of phenols is 1. The maximum atomic E-state index is 12.8. The Bertz CT molecular complexity index is 901. The molecule has 0 bridgehead atoms. The van der Waals surface area contributed by atoms with E-state index in [9.17, 15) is 18.1 Å². The van der Waals surface area contributed by atoms with Crippen molar-refractivity contribution < 1.29 is 18.1 Å². The molecule has 0 fully saturated rings. The number of hydrogen-bond donors (Lipinski definition) is 2. The molecule has 1 aromatic carbocycles. The monoisotopic (exact) mass is 454 g/mol. The first-order valence-electron chi connectivity index (χ1n) is 11.5. The Morgan fingerprint density at radius 3 is 1.74 bits per heavy atom. The van der Waals surface area contributed by atoms with Gasteiger partial charge in [-0.2, -0.15) is 8.42 Å². The maximum absolute atomic E-state index is 12.8. The zero-order chi connectivity index (χ0) is 24.7. The third-order valence-electron chi connectivity index (χ3n) is 6.53. The molecule has 5 heteroatoms. The van der Waals surface area contributed by atoms with Gasteiger partial charge in [0.1, 0.15) is 10.6 Å². The lowest BCUT2D eigenvalue weighted by Crippen LogP contribution is -2.39. The lowest BCUT2D eigenvalue weighted by atomic mass is 9.56. The van der Waals surface area contributed by atoms with E-state index in [1.54, 1.807) is 0 Å². The zero-order valence-corrected chi connectivity index (χ0v) is 22.7. The van der Waals surface area contributed by atoms with Crippen LogP contribution < -0.4 is 0 Å². The van der Waals surface area contributed by atoms with Crippen molar-refractivity contribution in [2.75, 3.05) is 0 Å². The molecule has 2 N–H and O–H groups in total. The summed E-state index contributed by atoms with van der Waals surface area (Å²) in [7, 11) is -4.54. The molecule has 180 valence electrons. The van der Waals surface area contributed by atoms with Gasteiger partial charge < -0.3 is 5.11 Å². The van der Waals surface area contributed by atoms with E-state index < -0.39 is 10.1 Å². The molecule has 0 amide bonds. The molecule has 1 atom stereocenters. The summed E-state index contributed by atoms with van der Waals surface area (Å²) in [4.78, 5) is -0.0839. The zero-order valence-electron chi connectivity index (χ0n) is 21.9. The van der Waals surface area contributed by atoms with Gasteiger partial charge in [-0.1, -0.05) is 69.2 Å². The Hall–Kier alpha value is -1.07. The van der Waals surface area contributed by atoms with E-state index >= 15 is 0 Å². The second-order valence-corrected chi connectivity index (χ2v) is 13.8.